The molecule has 0 aliphatic carbocycles. The minimum atomic E-state index is -0.898. The number of para-hydroxylation sites is 1. The van der Waals surface area contributed by atoms with Gasteiger partial charge < -0.3 is 9.67 Å². The molecule has 1 aromatic heterocycles. The Kier molecular flexibility index (Phi) is 2.52. The monoisotopic (exact) mass is 215 g/mol. The highest BCUT2D eigenvalue weighted by molar-refractivity contribution is 5.87. The van der Waals surface area contributed by atoms with Crippen LogP contribution in [-0.4, -0.2) is 15.6 Å². The molecule has 82 valence electrons. The molecule has 0 unspecified atom stereocenters. The summed E-state index contributed by atoms with van der Waals surface area (Å²) in [4.78, 5) is 10.8. The lowest BCUT2D eigenvalue weighted by Crippen LogP contribution is -1.98. The zero-order valence-corrected chi connectivity index (χ0v) is 9.27. The first-order valence-electron chi connectivity index (χ1n) is 5.07. The van der Waals surface area contributed by atoms with Crippen LogP contribution in [0.2, 0.25) is 0 Å². The second-order valence-corrected chi connectivity index (χ2v) is 3.85. The van der Waals surface area contributed by atoms with Crippen molar-refractivity contribution in [3.05, 3.63) is 53.3 Å². The number of benzene rings is 1. The Balaban J connectivity index is 2.54. The molecule has 0 atom stereocenters. The number of rotatable bonds is 2. The molecular weight excluding hydrogens is 202 g/mol. The number of aromatic nitrogens is 1. The summed E-state index contributed by atoms with van der Waals surface area (Å²) in [6, 6.07) is 7.63. The van der Waals surface area contributed by atoms with E-state index in [1.165, 1.54) is 0 Å². The molecule has 3 heteroatoms. The van der Waals surface area contributed by atoms with Gasteiger partial charge in [0.05, 0.1) is 11.3 Å². The Hall–Kier alpha value is -2.03. The first-order chi connectivity index (χ1) is 7.59. The predicted molar refractivity (Wildman–Crippen MR) is 62.2 cm³/mol. The van der Waals surface area contributed by atoms with Crippen molar-refractivity contribution in [3.63, 3.8) is 0 Å². The Morgan fingerprint density at radius 1 is 1.19 bits per heavy atom. The van der Waals surface area contributed by atoms with E-state index in [1.54, 1.807) is 18.5 Å². The Morgan fingerprint density at radius 2 is 1.81 bits per heavy atom. The maximum absolute atomic E-state index is 10.8. The highest BCUT2D eigenvalue weighted by Crippen LogP contribution is 2.19. The molecule has 0 radical (unpaired) electrons. The van der Waals surface area contributed by atoms with Crippen LogP contribution in [0.3, 0.4) is 0 Å². The Bertz CT molecular complexity index is 520. The van der Waals surface area contributed by atoms with Crippen LogP contribution < -0.4 is 0 Å². The fourth-order valence-corrected chi connectivity index (χ4v) is 1.88. The van der Waals surface area contributed by atoms with Crippen LogP contribution >= 0.6 is 0 Å². The average molecular weight is 215 g/mol. The quantitative estimate of drug-likeness (QED) is 0.837. The summed E-state index contributed by atoms with van der Waals surface area (Å²) in [7, 11) is 0. The fourth-order valence-electron chi connectivity index (χ4n) is 1.88. The molecule has 0 amide bonds. The molecule has 0 aliphatic heterocycles. The average Bonchev–Trinajstić information content (AvgIpc) is 2.66. The van der Waals surface area contributed by atoms with Gasteiger partial charge >= 0.3 is 5.97 Å². The van der Waals surface area contributed by atoms with Crippen LogP contribution in [0.1, 0.15) is 21.5 Å². The van der Waals surface area contributed by atoms with Crippen molar-refractivity contribution in [2.45, 2.75) is 13.8 Å². The lowest BCUT2D eigenvalue weighted by Gasteiger charge is -2.10. The van der Waals surface area contributed by atoms with Crippen molar-refractivity contribution >= 4 is 5.97 Å². The Morgan fingerprint density at radius 3 is 2.31 bits per heavy atom. The number of hydrogen-bond donors (Lipinski definition) is 1. The van der Waals surface area contributed by atoms with E-state index in [9.17, 15) is 4.79 Å². The number of nitrogens with zero attached hydrogens (tertiary/aromatic N) is 1. The molecule has 3 nitrogen and oxygen atoms in total. The molecule has 2 rings (SSSR count). The maximum atomic E-state index is 10.8. The Labute approximate surface area is 94.0 Å². The number of hydrogen-bond acceptors (Lipinski definition) is 1. The zero-order chi connectivity index (χ0) is 11.7. The lowest BCUT2D eigenvalue weighted by atomic mass is 10.1. The molecule has 0 aliphatic rings. The van der Waals surface area contributed by atoms with Crippen LogP contribution in [0.15, 0.2) is 36.7 Å². The van der Waals surface area contributed by atoms with Gasteiger partial charge in [-0.2, -0.15) is 0 Å². The van der Waals surface area contributed by atoms with Crippen molar-refractivity contribution in [3.8, 4) is 5.69 Å². The molecule has 0 saturated heterocycles. The van der Waals surface area contributed by atoms with Gasteiger partial charge in [0.2, 0.25) is 0 Å². The van der Waals surface area contributed by atoms with Gasteiger partial charge in [-0.25, -0.2) is 4.79 Å². The lowest BCUT2D eigenvalue weighted by molar-refractivity contribution is 0.0697. The van der Waals surface area contributed by atoms with Gasteiger partial charge in [-0.05, 0) is 31.0 Å². The summed E-state index contributed by atoms with van der Waals surface area (Å²) in [5, 5.41) is 8.87. The normalized spacial score (nSPS) is 10.4. The van der Waals surface area contributed by atoms with Crippen molar-refractivity contribution in [2.24, 2.45) is 0 Å². The second kappa shape index (κ2) is 3.85. The molecule has 1 N–H and O–H groups in total. The third-order valence-corrected chi connectivity index (χ3v) is 2.64. The zero-order valence-electron chi connectivity index (χ0n) is 9.27. The fraction of sp³-hybridized carbons (Fsp3) is 0.154. The van der Waals surface area contributed by atoms with Crippen LogP contribution in [0.25, 0.3) is 5.69 Å². The highest BCUT2D eigenvalue weighted by atomic mass is 16.4. The SMILES string of the molecule is Cc1cccc(C)c1-n1ccc(C(=O)O)c1. The van der Waals surface area contributed by atoms with Crippen LogP contribution in [0.4, 0.5) is 0 Å². The van der Waals surface area contributed by atoms with Gasteiger partial charge in [-0.1, -0.05) is 18.2 Å². The van der Waals surface area contributed by atoms with Gasteiger partial charge in [0.25, 0.3) is 0 Å². The molecule has 1 heterocycles. The number of carbonyl (C=O) groups is 1. The van der Waals surface area contributed by atoms with Crippen molar-refractivity contribution in [1.29, 1.82) is 0 Å². The van der Waals surface area contributed by atoms with E-state index < -0.39 is 5.97 Å². The van der Waals surface area contributed by atoms with E-state index in [4.69, 9.17) is 5.11 Å². The summed E-state index contributed by atoms with van der Waals surface area (Å²) >= 11 is 0. The largest absolute Gasteiger partial charge is 0.478 e. The summed E-state index contributed by atoms with van der Waals surface area (Å²) in [6.45, 7) is 4.03. The van der Waals surface area contributed by atoms with E-state index in [2.05, 4.69) is 0 Å². The summed E-state index contributed by atoms with van der Waals surface area (Å²) < 4.78 is 1.86. The van der Waals surface area contributed by atoms with Gasteiger partial charge in [0, 0.05) is 12.4 Å². The van der Waals surface area contributed by atoms with E-state index in [1.807, 2.05) is 36.6 Å². The standard InChI is InChI=1S/C13H13NO2/c1-9-4-3-5-10(2)12(9)14-7-6-11(8-14)13(15)16/h3-8H,1-2H3,(H,15,16). The molecule has 16 heavy (non-hydrogen) atoms. The first kappa shape index (κ1) is 10.5. The van der Waals surface area contributed by atoms with Crippen molar-refractivity contribution in [1.82, 2.24) is 4.57 Å². The number of carboxylic acid groups (broad SMARTS) is 1. The molecule has 0 bridgehead atoms. The van der Waals surface area contributed by atoms with Crippen molar-refractivity contribution < 1.29 is 9.90 Å². The topological polar surface area (TPSA) is 42.2 Å². The minimum Gasteiger partial charge on any atom is -0.478 e. The van der Waals surface area contributed by atoms with Gasteiger partial charge in [-0.3, -0.25) is 0 Å². The first-order valence-corrected chi connectivity index (χ1v) is 5.07. The second-order valence-electron chi connectivity index (χ2n) is 3.85. The van der Waals surface area contributed by atoms with Crippen molar-refractivity contribution in [2.75, 3.05) is 0 Å². The van der Waals surface area contributed by atoms with Gasteiger partial charge in [0.1, 0.15) is 0 Å². The molecule has 1 aromatic carbocycles. The number of aromatic carboxylic acids is 1. The highest BCUT2D eigenvalue weighted by Gasteiger charge is 2.08. The van der Waals surface area contributed by atoms with Crippen LogP contribution in [-0.2, 0) is 0 Å². The van der Waals surface area contributed by atoms with Gasteiger partial charge in [0.15, 0.2) is 0 Å². The number of aryl methyl sites for hydroxylation is 2. The molecule has 0 spiro atoms. The van der Waals surface area contributed by atoms with E-state index in [-0.39, 0.29) is 0 Å². The summed E-state index contributed by atoms with van der Waals surface area (Å²) in [5.41, 5.74) is 3.62. The van der Waals surface area contributed by atoms with E-state index in [0.29, 0.717) is 5.56 Å². The predicted octanol–water partition coefficient (Wildman–Crippen LogP) is 2.79. The molecule has 0 saturated carbocycles. The third-order valence-electron chi connectivity index (χ3n) is 2.64. The molecule has 2 aromatic rings. The van der Waals surface area contributed by atoms with Gasteiger partial charge in [-0.15, -0.1) is 0 Å². The number of carboxylic acids is 1. The molecular formula is C13H13NO2. The summed E-state index contributed by atoms with van der Waals surface area (Å²) in [6.07, 6.45) is 3.41. The maximum Gasteiger partial charge on any atom is 0.337 e. The minimum absolute atomic E-state index is 0.308. The van der Waals surface area contributed by atoms with E-state index >= 15 is 0 Å². The summed E-state index contributed by atoms with van der Waals surface area (Å²) in [5.74, 6) is -0.898. The molecule has 0 fully saturated rings. The van der Waals surface area contributed by atoms with E-state index in [0.717, 1.165) is 16.8 Å². The van der Waals surface area contributed by atoms with Crippen LogP contribution in [0, 0.1) is 13.8 Å². The third kappa shape index (κ3) is 1.72. The smallest absolute Gasteiger partial charge is 0.337 e. The van der Waals surface area contributed by atoms with Crippen LogP contribution in [0.5, 0.6) is 0 Å².